The third-order valence-electron chi connectivity index (χ3n) is 3.83. The number of carbonyl (C=O) groups is 1. The van der Waals surface area contributed by atoms with E-state index in [0.29, 0.717) is 13.1 Å². The molecule has 0 aromatic carbocycles. The molecule has 2 saturated heterocycles. The molecule has 2 aliphatic rings. The molecule has 1 unspecified atom stereocenters. The number of piperidine rings is 1. The molecule has 4 heteroatoms. The minimum Gasteiger partial charge on any atom is -0.386 e. The molecule has 16 heavy (non-hydrogen) atoms. The van der Waals surface area contributed by atoms with Crippen molar-refractivity contribution in [3.8, 4) is 0 Å². The van der Waals surface area contributed by atoms with E-state index in [1.807, 2.05) is 25.8 Å². The summed E-state index contributed by atoms with van der Waals surface area (Å²) in [7, 11) is 1.97. The van der Waals surface area contributed by atoms with Gasteiger partial charge in [-0.2, -0.15) is 0 Å². The van der Waals surface area contributed by atoms with Gasteiger partial charge in [-0.15, -0.1) is 0 Å². The number of carbonyl (C=O) groups excluding carboxylic acids is 1. The highest BCUT2D eigenvalue weighted by molar-refractivity contribution is 5.81. The van der Waals surface area contributed by atoms with Gasteiger partial charge < -0.3 is 14.9 Å². The number of nitrogens with zero attached hydrogens (tertiary/aromatic N) is 2. The maximum atomic E-state index is 12.3. The van der Waals surface area contributed by atoms with Gasteiger partial charge in [-0.05, 0) is 33.7 Å². The molecule has 0 aromatic rings. The van der Waals surface area contributed by atoms with Crippen LogP contribution in [-0.4, -0.2) is 59.1 Å². The van der Waals surface area contributed by atoms with Crippen LogP contribution in [0.4, 0.5) is 0 Å². The zero-order valence-corrected chi connectivity index (χ0v) is 10.4. The van der Waals surface area contributed by atoms with E-state index in [0.717, 1.165) is 19.4 Å². The van der Waals surface area contributed by atoms with Crippen molar-refractivity contribution in [1.82, 2.24) is 9.80 Å². The number of rotatable bonds is 2. The van der Waals surface area contributed by atoms with Crippen molar-refractivity contribution in [2.24, 2.45) is 5.92 Å². The Morgan fingerprint density at radius 1 is 1.44 bits per heavy atom. The molecule has 0 bridgehead atoms. The topological polar surface area (TPSA) is 43.8 Å². The number of likely N-dealkylation sites (N-methyl/N-ethyl adjacent to an activating group) is 1. The van der Waals surface area contributed by atoms with E-state index in [2.05, 4.69) is 4.90 Å². The average Bonchev–Trinajstić information content (AvgIpc) is 2.15. The summed E-state index contributed by atoms with van der Waals surface area (Å²) in [6.07, 6.45) is 1.85. The molecular weight excluding hydrogens is 204 g/mol. The van der Waals surface area contributed by atoms with Crippen LogP contribution >= 0.6 is 0 Å². The van der Waals surface area contributed by atoms with Crippen molar-refractivity contribution in [1.29, 1.82) is 0 Å². The Bertz CT molecular complexity index is 285. The molecule has 2 aliphatic heterocycles. The van der Waals surface area contributed by atoms with Crippen LogP contribution in [-0.2, 0) is 4.79 Å². The molecule has 0 radical (unpaired) electrons. The Kier molecular flexibility index (Phi) is 2.97. The number of amides is 1. The predicted molar refractivity (Wildman–Crippen MR) is 62.0 cm³/mol. The summed E-state index contributed by atoms with van der Waals surface area (Å²) in [5.41, 5.74) is -0.764. The summed E-state index contributed by atoms with van der Waals surface area (Å²) in [6.45, 7) is 6.19. The van der Waals surface area contributed by atoms with Gasteiger partial charge in [-0.1, -0.05) is 0 Å². The lowest BCUT2D eigenvalue weighted by molar-refractivity contribution is -0.170. The second-order valence-corrected chi connectivity index (χ2v) is 5.60. The molecular formula is C12H22N2O2. The van der Waals surface area contributed by atoms with Crippen LogP contribution in [0, 0.1) is 5.92 Å². The summed E-state index contributed by atoms with van der Waals surface area (Å²) < 4.78 is 0. The van der Waals surface area contributed by atoms with Crippen LogP contribution in [0.3, 0.4) is 0 Å². The number of likely N-dealkylation sites (tertiary alicyclic amines) is 2. The Labute approximate surface area is 97.2 Å². The van der Waals surface area contributed by atoms with Gasteiger partial charge in [0.1, 0.15) is 5.60 Å². The fraction of sp³-hybridized carbons (Fsp3) is 0.917. The summed E-state index contributed by atoms with van der Waals surface area (Å²) in [5.74, 6) is -0.0308. The quantitative estimate of drug-likeness (QED) is 0.737. The Morgan fingerprint density at radius 3 is 2.56 bits per heavy atom. The van der Waals surface area contributed by atoms with Gasteiger partial charge in [-0.25, -0.2) is 0 Å². The lowest BCUT2D eigenvalue weighted by atomic mass is 9.76. The van der Waals surface area contributed by atoms with Gasteiger partial charge in [0.2, 0.25) is 5.91 Å². The first-order chi connectivity index (χ1) is 7.44. The third-order valence-corrected chi connectivity index (χ3v) is 3.83. The largest absolute Gasteiger partial charge is 0.386 e. The minimum atomic E-state index is -0.764. The van der Waals surface area contributed by atoms with Crippen molar-refractivity contribution >= 4 is 5.91 Å². The minimum absolute atomic E-state index is 0.150. The van der Waals surface area contributed by atoms with Crippen LogP contribution in [0.2, 0.25) is 0 Å². The maximum Gasteiger partial charge on any atom is 0.228 e. The molecule has 2 rings (SSSR count). The van der Waals surface area contributed by atoms with Gasteiger partial charge in [0.25, 0.3) is 0 Å². The molecule has 92 valence electrons. The number of hydrogen-bond acceptors (Lipinski definition) is 3. The van der Waals surface area contributed by atoms with Crippen LogP contribution in [0.25, 0.3) is 0 Å². The molecule has 2 fully saturated rings. The van der Waals surface area contributed by atoms with Crippen molar-refractivity contribution < 1.29 is 9.90 Å². The monoisotopic (exact) mass is 226 g/mol. The van der Waals surface area contributed by atoms with Crippen LogP contribution < -0.4 is 0 Å². The molecule has 1 amide bonds. The van der Waals surface area contributed by atoms with Gasteiger partial charge in [-0.3, -0.25) is 4.79 Å². The van der Waals surface area contributed by atoms with Crippen molar-refractivity contribution in [3.63, 3.8) is 0 Å². The van der Waals surface area contributed by atoms with Crippen molar-refractivity contribution in [2.45, 2.75) is 38.3 Å². The van der Waals surface area contributed by atoms with E-state index in [1.165, 1.54) is 0 Å². The molecule has 1 atom stereocenters. The lowest BCUT2D eigenvalue weighted by Gasteiger charge is -2.51. The SMILES string of the molecule is CC(C)N1CCCC(C2(O)CN(C)C2)C1=O. The van der Waals surface area contributed by atoms with Crippen LogP contribution in [0.5, 0.6) is 0 Å². The molecule has 4 nitrogen and oxygen atoms in total. The van der Waals surface area contributed by atoms with E-state index < -0.39 is 5.60 Å². The number of aliphatic hydroxyl groups is 1. The standard InChI is InChI=1S/C12H22N2O2/c1-9(2)14-6-4-5-10(11(14)15)12(16)7-13(3)8-12/h9-10,16H,4-8H2,1-3H3. The van der Waals surface area contributed by atoms with E-state index in [1.54, 1.807) is 0 Å². The molecule has 0 aliphatic carbocycles. The Balaban J connectivity index is 2.08. The summed E-state index contributed by atoms with van der Waals surface area (Å²) in [4.78, 5) is 16.2. The highest BCUT2D eigenvalue weighted by Crippen LogP contribution is 2.35. The lowest BCUT2D eigenvalue weighted by Crippen LogP contribution is -2.68. The summed E-state index contributed by atoms with van der Waals surface area (Å²) >= 11 is 0. The second kappa shape index (κ2) is 4.00. The summed E-state index contributed by atoms with van der Waals surface area (Å²) in [5, 5.41) is 10.4. The zero-order valence-electron chi connectivity index (χ0n) is 10.4. The first-order valence-electron chi connectivity index (χ1n) is 6.15. The zero-order chi connectivity index (χ0) is 11.9. The van der Waals surface area contributed by atoms with Gasteiger partial charge in [0, 0.05) is 25.7 Å². The van der Waals surface area contributed by atoms with Gasteiger partial charge in [0.15, 0.2) is 0 Å². The molecule has 0 saturated carbocycles. The van der Waals surface area contributed by atoms with Gasteiger partial charge >= 0.3 is 0 Å². The normalized spacial score (nSPS) is 30.7. The first kappa shape index (κ1) is 11.9. The molecule has 0 aromatic heterocycles. The maximum absolute atomic E-state index is 12.3. The average molecular weight is 226 g/mol. The summed E-state index contributed by atoms with van der Waals surface area (Å²) in [6, 6.07) is 0.247. The molecule has 1 N–H and O–H groups in total. The fourth-order valence-electron chi connectivity index (χ4n) is 3.02. The Morgan fingerprint density at radius 2 is 2.06 bits per heavy atom. The first-order valence-corrected chi connectivity index (χ1v) is 6.15. The van der Waals surface area contributed by atoms with Crippen molar-refractivity contribution in [2.75, 3.05) is 26.7 Å². The number of hydrogen-bond donors (Lipinski definition) is 1. The van der Waals surface area contributed by atoms with E-state index in [4.69, 9.17) is 0 Å². The van der Waals surface area contributed by atoms with E-state index in [9.17, 15) is 9.90 Å². The third kappa shape index (κ3) is 1.84. The smallest absolute Gasteiger partial charge is 0.228 e. The molecule has 2 heterocycles. The highest BCUT2D eigenvalue weighted by Gasteiger charge is 2.51. The fourth-order valence-corrected chi connectivity index (χ4v) is 3.02. The van der Waals surface area contributed by atoms with Crippen molar-refractivity contribution in [3.05, 3.63) is 0 Å². The van der Waals surface area contributed by atoms with Crippen LogP contribution in [0.15, 0.2) is 0 Å². The van der Waals surface area contributed by atoms with E-state index in [-0.39, 0.29) is 17.9 Å². The number of β-amino-alcohol motifs (C(OH)–C–C–N with tert-alkyl or cyclic N) is 1. The van der Waals surface area contributed by atoms with Gasteiger partial charge in [0.05, 0.1) is 5.92 Å². The van der Waals surface area contributed by atoms with Crippen LogP contribution in [0.1, 0.15) is 26.7 Å². The highest BCUT2D eigenvalue weighted by atomic mass is 16.3. The predicted octanol–water partition coefficient (Wildman–Crippen LogP) is 0.310. The van der Waals surface area contributed by atoms with E-state index >= 15 is 0 Å². The second-order valence-electron chi connectivity index (χ2n) is 5.60. The Hall–Kier alpha value is -0.610. The molecule has 0 spiro atoms.